The van der Waals surface area contributed by atoms with Gasteiger partial charge in [-0.05, 0) is 24.6 Å². The van der Waals surface area contributed by atoms with Gasteiger partial charge in [-0.3, -0.25) is 0 Å². The van der Waals surface area contributed by atoms with Crippen molar-refractivity contribution < 1.29 is 8.42 Å². The van der Waals surface area contributed by atoms with Crippen LogP contribution in [0.15, 0.2) is 29.2 Å². The first kappa shape index (κ1) is 11.9. The van der Waals surface area contributed by atoms with Gasteiger partial charge in [-0.1, -0.05) is 22.9 Å². The quantitative estimate of drug-likeness (QED) is 0.660. The summed E-state index contributed by atoms with van der Waals surface area (Å²) in [7, 11) is -1.64. The lowest BCUT2D eigenvalue weighted by Gasteiger charge is -2.07. The fourth-order valence-corrected chi connectivity index (χ4v) is 2.32. The van der Waals surface area contributed by atoms with Gasteiger partial charge in [0.05, 0.1) is 4.90 Å². The average Bonchev–Trinajstić information content (AvgIpc) is 2.15. The topological polar surface area (TPSA) is 34.1 Å². The van der Waals surface area contributed by atoms with E-state index >= 15 is 0 Å². The maximum atomic E-state index is 11.2. The minimum absolute atomic E-state index is 0.270. The number of hydrogen-bond acceptors (Lipinski definition) is 4. The fraction of sp³-hybridized carbons (Fsp3) is 0.333. The summed E-state index contributed by atoms with van der Waals surface area (Å²) in [5.74, 6) is 0. The Labute approximate surface area is 93.8 Å². The Balaban J connectivity index is 3.01. The van der Waals surface area contributed by atoms with Crippen LogP contribution in [0.2, 0.25) is 0 Å². The first-order valence-electron chi connectivity index (χ1n) is 4.05. The maximum Gasteiger partial charge on any atom is 0.175 e. The first-order chi connectivity index (χ1) is 6.45. The van der Waals surface area contributed by atoms with Crippen molar-refractivity contribution in [1.29, 1.82) is 0 Å². The van der Waals surface area contributed by atoms with E-state index in [0.717, 1.165) is 5.56 Å². The first-order valence-corrected chi connectivity index (χ1v) is 7.87. The highest BCUT2D eigenvalue weighted by atomic mass is 33.1. The molecule has 0 amide bonds. The van der Waals surface area contributed by atoms with Crippen LogP contribution in [0.5, 0.6) is 0 Å². The van der Waals surface area contributed by atoms with E-state index in [1.807, 2.05) is 19.1 Å². The molecule has 1 unspecified atom stereocenters. The lowest BCUT2D eigenvalue weighted by Crippen LogP contribution is -1.97. The molecule has 1 aromatic carbocycles. The Bertz CT molecular complexity index is 395. The molecule has 1 aromatic rings. The molecule has 0 aliphatic carbocycles. The summed E-state index contributed by atoms with van der Waals surface area (Å²) in [6.45, 7) is 2.02. The van der Waals surface area contributed by atoms with E-state index in [-0.39, 0.29) is 5.25 Å². The van der Waals surface area contributed by atoms with Crippen molar-refractivity contribution in [2.24, 2.45) is 0 Å². The average molecular weight is 248 g/mol. The number of hydrogen-bond donors (Lipinski definition) is 1. The molecule has 0 aromatic heterocycles. The zero-order chi connectivity index (χ0) is 10.8. The predicted molar refractivity (Wildman–Crippen MR) is 64.5 cm³/mol. The molecule has 0 aliphatic heterocycles. The summed E-state index contributed by atoms with van der Waals surface area (Å²) in [6, 6.07) is 6.91. The second-order valence-corrected chi connectivity index (χ2v) is 6.65. The van der Waals surface area contributed by atoms with Crippen molar-refractivity contribution in [2.45, 2.75) is 17.1 Å². The van der Waals surface area contributed by atoms with Gasteiger partial charge < -0.3 is 0 Å². The Morgan fingerprint density at radius 2 is 1.79 bits per heavy atom. The van der Waals surface area contributed by atoms with Gasteiger partial charge in [0, 0.05) is 11.5 Å². The lowest BCUT2D eigenvalue weighted by molar-refractivity contribution is 0.602. The van der Waals surface area contributed by atoms with Crippen LogP contribution in [0.4, 0.5) is 0 Å². The minimum Gasteiger partial charge on any atom is -0.224 e. The van der Waals surface area contributed by atoms with Crippen LogP contribution in [0, 0.1) is 0 Å². The monoisotopic (exact) mass is 248 g/mol. The normalized spacial score (nSPS) is 13.9. The summed E-state index contributed by atoms with van der Waals surface area (Å²) in [5, 5.41) is 0.270. The predicted octanol–water partition coefficient (Wildman–Crippen LogP) is 2.73. The van der Waals surface area contributed by atoms with E-state index in [1.54, 1.807) is 12.1 Å². The number of benzene rings is 1. The van der Waals surface area contributed by atoms with Crippen molar-refractivity contribution in [3.05, 3.63) is 29.8 Å². The minimum atomic E-state index is -3.08. The van der Waals surface area contributed by atoms with Crippen LogP contribution in [-0.4, -0.2) is 14.7 Å². The van der Waals surface area contributed by atoms with Crippen molar-refractivity contribution in [3.8, 4) is 0 Å². The molecule has 0 heterocycles. The molecule has 1 atom stereocenters. The highest BCUT2D eigenvalue weighted by Gasteiger charge is 2.08. The third kappa shape index (κ3) is 2.93. The summed E-state index contributed by atoms with van der Waals surface area (Å²) in [5.41, 5.74) is 1.08. The van der Waals surface area contributed by atoms with Gasteiger partial charge in [-0.15, -0.1) is 11.7 Å². The van der Waals surface area contributed by atoms with E-state index in [1.165, 1.54) is 17.0 Å². The molecule has 1 rings (SSSR count). The standard InChI is InChI=1S/C9H12O2S3/c1-7(13-12)8-3-5-9(6-4-8)14(2,10)11/h3-7,12H,1-2H3. The molecule has 0 bridgehead atoms. The Hall–Kier alpha value is -0.130. The van der Waals surface area contributed by atoms with E-state index in [0.29, 0.717) is 4.90 Å². The molecule has 2 nitrogen and oxygen atoms in total. The number of sulfone groups is 1. The molecule has 0 saturated carbocycles. The van der Waals surface area contributed by atoms with Crippen LogP contribution in [0.25, 0.3) is 0 Å². The number of thiol groups is 1. The smallest absolute Gasteiger partial charge is 0.175 e. The molecule has 5 heteroatoms. The van der Waals surface area contributed by atoms with Crippen molar-refractivity contribution in [3.63, 3.8) is 0 Å². The molecule has 78 valence electrons. The van der Waals surface area contributed by atoms with Gasteiger partial charge >= 0.3 is 0 Å². The van der Waals surface area contributed by atoms with Crippen molar-refractivity contribution in [1.82, 2.24) is 0 Å². The van der Waals surface area contributed by atoms with Gasteiger partial charge in [0.15, 0.2) is 9.84 Å². The van der Waals surface area contributed by atoms with E-state index in [9.17, 15) is 8.42 Å². The third-order valence-corrected chi connectivity index (χ3v) is 4.60. The molecule has 14 heavy (non-hydrogen) atoms. The van der Waals surface area contributed by atoms with Gasteiger partial charge in [0.2, 0.25) is 0 Å². The SMILES string of the molecule is CC(SS)c1ccc(S(C)(=O)=O)cc1. The number of rotatable bonds is 3. The van der Waals surface area contributed by atoms with Gasteiger partial charge in [-0.2, -0.15) is 0 Å². The zero-order valence-corrected chi connectivity index (χ0v) is 10.5. The highest BCUT2D eigenvalue weighted by molar-refractivity contribution is 8.68. The zero-order valence-electron chi connectivity index (χ0n) is 7.97. The molecular weight excluding hydrogens is 236 g/mol. The van der Waals surface area contributed by atoms with Gasteiger partial charge in [-0.25, -0.2) is 8.42 Å². The molecule has 0 N–H and O–H groups in total. The molecule has 0 fully saturated rings. The highest BCUT2D eigenvalue weighted by Crippen LogP contribution is 2.30. The summed E-state index contributed by atoms with van der Waals surface area (Å²) >= 11 is 4.11. The second-order valence-electron chi connectivity index (χ2n) is 3.09. The molecule has 0 radical (unpaired) electrons. The van der Waals surface area contributed by atoms with Gasteiger partial charge in [0.25, 0.3) is 0 Å². The van der Waals surface area contributed by atoms with Crippen LogP contribution in [0.1, 0.15) is 17.7 Å². The maximum absolute atomic E-state index is 11.2. The summed E-state index contributed by atoms with van der Waals surface area (Å²) in [4.78, 5) is 0.359. The molecular formula is C9H12O2S3. The lowest BCUT2D eigenvalue weighted by atomic mass is 10.2. The van der Waals surface area contributed by atoms with E-state index < -0.39 is 9.84 Å². The van der Waals surface area contributed by atoms with Crippen LogP contribution < -0.4 is 0 Å². The van der Waals surface area contributed by atoms with E-state index in [4.69, 9.17) is 0 Å². The van der Waals surface area contributed by atoms with Crippen molar-refractivity contribution >= 4 is 32.3 Å². The van der Waals surface area contributed by atoms with Crippen LogP contribution >= 0.6 is 22.5 Å². The Morgan fingerprint density at radius 1 is 1.29 bits per heavy atom. The van der Waals surface area contributed by atoms with Gasteiger partial charge in [0.1, 0.15) is 0 Å². The summed E-state index contributed by atoms with van der Waals surface area (Å²) in [6.07, 6.45) is 1.21. The molecule has 0 spiro atoms. The molecule has 0 aliphatic rings. The Morgan fingerprint density at radius 3 is 2.14 bits per heavy atom. The van der Waals surface area contributed by atoms with E-state index in [2.05, 4.69) is 11.7 Å². The summed E-state index contributed by atoms with van der Waals surface area (Å²) < 4.78 is 22.3. The van der Waals surface area contributed by atoms with Crippen LogP contribution in [-0.2, 0) is 9.84 Å². The molecule has 0 saturated heterocycles. The second kappa shape index (κ2) is 4.59. The largest absolute Gasteiger partial charge is 0.224 e. The van der Waals surface area contributed by atoms with Crippen LogP contribution in [0.3, 0.4) is 0 Å². The Kier molecular flexibility index (Phi) is 3.92. The fourth-order valence-electron chi connectivity index (χ4n) is 1.05. The van der Waals surface area contributed by atoms with Crippen molar-refractivity contribution in [2.75, 3.05) is 6.26 Å². The third-order valence-electron chi connectivity index (χ3n) is 1.94.